The van der Waals surface area contributed by atoms with E-state index < -0.39 is 0 Å². The Kier molecular flexibility index (Phi) is 4.61. The van der Waals surface area contributed by atoms with Crippen LogP contribution in [0.25, 0.3) is 11.3 Å². The third-order valence-electron chi connectivity index (χ3n) is 5.44. The maximum atomic E-state index is 13.1. The average Bonchev–Trinajstić information content (AvgIpc) is 3.08. The second kappa shape index (κ2) is 7.09. The number of nitrogens with zero attached hydrogens (tertiary/aromatic N) is 1. The molecule has 1 aromatic heterocycles. The highest BCUT2D eigenvalue weighted by atomic mass is 16.3. The highest BCUT2D eigenvalue weighted by Gasteiger charge is 2.34. The normalized spacial score (nSPS) is 13.0. The van der Waals surface area contributed by atoms with Crippen molar-refractivity contribution in [2.24, 2.45) is 0 Å². The smallest absolute Gasteiger partial charge is 0.199 e. The molecule has 0 saturated heterocycles. The molecule has 1 aliphatic rings. The van der Waals surface area contributed by atoms with Crippen LogP contribution in [0.3, 0.4) is 0 Å². The van der Waals surface area contributed by atoms with Crippen LogP contribution in [0.1, 0.15) is 46.5 Å². The largest absolute Gasteiger partial charge is 0.494 e. The summed E-state index contributed by atoms with van der Waals surface area (Å²) in [5.41, 5.74) is 4.45. The summed E-state index contributed by atoms with van der Waals surface area (Å²) < 4.78 is 0. The summed E-state index contributed by atoms with van der Waals surface area (Å²) in [6.45, 7) is 7.14. The first kappa shape index (κ1) is 18.2. The van der Waals surface area contributed by atoms with Crippen LogP contribution in [0, 0.1) is 5.41 Å². The van der Waals surface area contributed by atoms with E-state index in [9.17, 15) is 9.90 Å². The van der Waals surface area contributed by atoms with E-state index in [-0.39, 0.29) is 22.9 Å². The van der Waals surface area contributed by atoms with Crippen LogP contribution in [0.2, 0.25) is 0 Å². The van der Waals surface area contributed by atoms with Gasteiger partial charge in [0.15, 0.2) is 11.7 Å². The Hall–Kier alpha value is -3.18. The molecule has 0 bridgehead atoms. The number of fused-ring (bicyclic) bond motifs is 2. The van der Waals surface area contributed by atoms with Gasteiger partial charge in [-0.2, -0.15) is 0 Å². The summed E-state index contributed by atoms with van der Waals surface area (Å²) in [6, 6.07) is 15.1. The van der Waals surface area contributed by atoms with E-state index in [0.717, 1.165) is 25.2 Å². The zero-order valence-corrected chi connectivity index (χ0v) is 16.0. The second-order valence-corrected chi connectivity index (χ2v) is 7.01. The van der Waals surface area contributed by atoms with Gasteiger partial charge in [-0.1, -0.05) is 62.4 Å². The minimum absolute atomic E-state index is 0.134. The average molecular weight is 373 g/mol. The van der Waals surface area contributed by atoms with Crippen LogP contribution >= 0.6 is 0 Å². The Labute approximate surface area is 164 Å². The summed E-state index contributed by atoms with van der Waals surface area (Å²) in [5, 5.41) is 18.9. The number of carbonyl (C=O) groups is 1. The first-order chi connectivity index (χ1) is 13.5. The molecule has 0 spiro atoms. The Morgan fingerprint density at radius 2 is 1.61 bits per heavy atom. The molecule has 3 N–H and O–H groups in total. The fraction of sp³-hybridized carbons (Fsp3) is 0.217. The van der Waals surface area contributed by atoms with Gasteiger partial charge in [0, 0.05) is 17.7 Å². The number of rotatable bonds is 5. The Bertz CT molecular complexity index is 1060. The van der Waals surface area contributed by atoms with E-state index >= 15 is 0 Å². The van der Waals surface area contributed by atoms with E-state index in [0.29, 0.717) is 22.4 Å². The lowest BCUT2D eigenvalue weighted by molar-refractivity contribution is 0.103. The summed E-state index contributed by atoms with van der Waals surface area (Å²) in [6.07, 6.45) is 0. The van der Waals surface area contributed by atoms with Gasteiger partial charge >= 0.3 is 0 Å². The Morgan fingerprint density at radius 3 is 2.25 bits per heavy atom. The molecule has 142 valence electrons. The minimum Gasteiger partial charge on any atom is -0.494 e. The van der Waals surface area contributed by atoms with E-state index in [1.165, 1.54) is 5.56 Å². The molecule has 1 heterocycles. The topological polar surface area (TPSA) is 80.2 Å². The monoisotopic (exact) mass is 373 g/mol. The molecule has 4 rings (SSSR count). The van der Waals surface area contributed by atoms with Crippen molar-refractivity contribution in [2.45, 2.75) is 20.4 Å². The zero-order chi connectivity index (χ0) is 19.8. The van der Waals surface area contributed by atoms with Gasteiger partial charge in [-0.05, 0) is 24.2 Å². The number of carbonyl (C=O) groups excluding carboxylic acids is 1. The molecule has 0 radical (unpaired) electrons. The van der Waals surface area contributed by atoms with E-state index in [4.69, 9.17) is 5.41 Å². The SMILES string of the molecule is CCN(CC)Cc1ccc(-c2[nH]c(O)c3c2C(=O)c2ccccc2C3=N)cc1. The number of H-pyrrole nitrogens is 1. The van der Waals surface area contributed by atoms with E-state index in [1.54, 1.807) is 24.3 Å². The van der Waals surface area contributed by atoms with Crippen LogP contribution in [0.15, 0.2) is 48.5 Å². The highest BCUT2D eigenvalue weighted by Crippen LogP contribution is 2.39. The minimum atomic E-state index is -0.166. The van der Waals surface area contributed by atoms with Gasteiger partial charge in [0.25, 0.3) is 0 Å². The maximum Gasteiger partial charge on any atom is 0.199 e. The molecular weight excluding hydrogens is 350 g/mol. The molecule has 5 heteroatoms. The number of benzene rings is 2. The fourth-order valence-corrected chi connectivity index (χ4v) is 3.82. The van der Waals surface area contributed by atoms with Gasteiger partial charge in [-0.3, -0.25) is 15.1 Å². The fourth-order valence-electron chi connectivity index (χ4n) is 3.82. The van der Waals surface area contributed by atoms with Crippen LogP contribution in [-0.2, 0) is 6.54 Å². The zero-order valence-electron chi connectivity index (χ0n) is 16.0. The number of nitrogens with one attached hydrogen (secondary N) is 2. The summed E-state index contributed by atoms with van der Waals surface area (Å²) in [4.78, 5) is 18.4. The number of hydrogen-bond donors (Lipinski definition) is 3. The number of aromatic nitrogens is 1. The quantitative estimate of drug-likeness (QED) is 0.491. The van der Waals surface area contributed by atoms with Gasteiger partial charge < -0.3 is 10.1 Å². The Balaban J connectivity index is 1.75. The van der Waals surface area contributed by atoms with Crippen LogP contribution in [-0.4, -0.2) is 39.6 Å². The van der Waals surface area contributed by atoms with Crippen molar-refractivity contribution >= 4 is 11.5 Å². The predicted octanol–water partition coefficient (Wildman–Crippen LogP) is 4.19. The number of aromatic amines is 1. The molecule has 2 aromatic carbocycles. The highest BCUT2D eigenvalue weighted by molar-refractivity contribution is 6.31. The standard InChI is InChI=1S/C23H23N3O2/c1-3-26(4-2)13-14-9-11-15(12-10-14)21-19-18(23(28)25-21)20(24)16-7-5-6-8-17(16)22(19)27/h5-12,24-25,28H,3-4,13H2,1-2H3. The molecular formula is C23H23N3O2. The van der Waals surface area contributed by atoms with Crippen molar-refractivity contribution in [1.29, 1.82) is 5.41 Å². The molecule has 0 unspecified atom stereocenters. The first-order valence-electron chi connectivity index (χ1n) is 9.54. The van der Waals surface area contributed by atoms with Crippen molar-refractivity contribution in [3.8, 4) is 17.1 Å². The van der Waals surface area contributed by atoms with Gasteiger partial charge in [-0.25, -0.2) is 0 Å². The lowest BCUT2D eigenvalue weighted by Gasteiger charge is -2.18. The molecule has 3 aromatic rings. The van der Waals surface area contributed by atoms with E-state index in [2.05, 4.69) is 23.7 Å². The maximum absolute atomic E-state index is 13.1. The number of hydrogen-bond acceptors (Lipinski definition) is 4. The lowest BCUT2D eigenvalue weighted by Crippen LogP contribution is -2.22. The molecule has 1 aliphatic carbocycles. The second-order valence-electron chi connectivity index (χ2n) is 7.01. The summed E-state index contributed by atoms with van der Waals surface area (Å²) in [5.74, 6) is -0.301. The molecule has 0 atom stereocenters. The Morgan fingerprint density at radius 1 is 0.964 bits per heavy atom. The van der Waals surface area contributed by atoms with Crippen molar-refractivity contribution in [2.75, 3.05) is 13.1 Å². The predicted molar refractivity (Wildman–Crippen MR) is 110 cm³/mol. The van der Waals surface area contributed by atoms with Gasteiger partial charge in [0.2, 0.25) is 0 Å². The van der Waals surface area contributed by atoms with Crippen molar-refractivity contribution in [3.63, 3.8) is 0 Å². The summed E-state index contributed by atoms with van der Waals surface area (Å²) in [7, 11) is 0. The molecule has 0 saturated carbocycles. The van der Waals surface area contributed by atoms with Gasteiger partial charge in [0.05, 0.1) is 22.5 Å². The van der Waals surface area contributed by atoms with E-state index in [1.807, 2.05) is 24.3 Å². The molecule has 0 amide bonds. The number of aromatic hydroxyl groups is 1. The van der Waals surface area contributed by atoms with Crippen LogP contribution < -0.4 is 0 Å². The molecule has 0 aliphatic heterocycles. The van der Waals surface area contributed by atoms with Crippen molar-refractivity contribution in [3.05, 3.63) is 76.3 Å². The lowest BCUT2D eigenvalue weighted by atomic mass is 9.84. The molecule has 0 fully saturated rings. The first-order valence-corrected chi connectivity index (χ1v) is 9.54. The summed E-state index contributed by atoms with van der Waals surface area (Å²) >= 11 is 0. The van der Waals surface area contributed by atoms with Crippen molar-refractivity contribution in [1.82, 2.24) is 9.88 Å². The van der Waals surface area contributed by atoms with Crippen LogP contribution in [0.5, 0.6) is 5.88 Å². The molecule has 28 heavy (non-hydrogen) atoms. The third kappa shape index (κ3) is 2.84. The van der Waals surface area contributed by atoms with Crippen molar-refractivity contribution < 1.29 is 9.90 Å². The van der Waals surface area contributed by atoms with Gasteiger partial charge in [0.1, 0.15) is 0 Å². The van der Waals surface area contributed by atoms with Crippen LogP contribution in [0.4, 0.5) is 0 Å². The van der Waals surface area contributed by atoms with Gasteiger partial charge in [-0.15, -0.1) is 0 Å². The molecule has 5 nitrogen and oxygen atoms in total. The number of ketones is 1. The third-order valence-corrected chi connectivity index (χ3v) is 5.44.